The first-order valence-electron chi connectivity index (χ1n) is 4.73. The molecule has 0 radical (unpaired) electrons. The van der Waals surface area contributed by atoms with Gasteiger partial charge in [0, 0.05) is 12.4 Å². The van der Waals surface area contributed by atoms with E-state index in [1.54, 1.807) is 10.7 Å². The highest BCUT2D eigenvalue weighted by Gasteiger charge is 1.95. The van der Waals surface area contributed by atoms with Crippen molar-refractivity contribution in [2.75, 3.05) is 0 Å². The maximum Gasteiger partial charge on any atom is 0.252 e. The summed E-state index contributed by atoms with van der Waals surface area (Å²) in [5.41, 5.74) is 0. The molecule has 76 valence electrons. The summed E-state index contributed by atoms with van der Waals surface area (Å²) < 4.78 is 1.65. The molecule has 0 unspecified atom stereocenters. The Morgan fingerprint density at radius 2 is 1.93 bits per heavy atom. The normalized spacial score (nSPS) is 10.1. The summed E-state index contributed by atoms with van der Waals surface area (Å²) in [6, 6.07) is 1.82. The van der Waals surface area contributed by atoms with E-state index < -0.39 is 0 Å². The van der Waals surface area contributed by atoms with E-state index in [-0.39, 0.29) is 0 Å². The molecule has 0 aliphatic rings. The van der Waals surface area contributed by atoms with E-state index in [1.807, 2.05) is 19.2 Å². The molecule has 0 aliphatic carbocycles. The quantitative estimate of drug-likeness (QED) is 0.642. The third-order valence-electron chi connectivity index (χ3n) is 1.22. The maximum absolute atomic E-state index is 4.06. The summed E-state index contributed by atoms with van der Waals surface area (Å²) in [4.78, 5) is 8.05. The molecule has 0 aromatic carbocycles. The molecule has 2 heterocycles. The van der Waals surface area contributed by atoms with Crippen molar-refractivity contribution in [2.45, 2.75) is 27.7 Å². The van der Waals surface area contributed by atoms with Crippen molar-refractivity contribution in [3.63, 3.8) is 0 Å². The summed E-state index contributed by atoms with van der Waals surface area (Å²) in [5.74, 6) is 2.23. The van der Waals surface area contributed by atoms with Crippen LogP contribution in [0, 0.1) is 12.8 Å². The number of fused-ring (bicyclic) bond motifs is 1. The number of hydrogen-bond donors (Lipinski definition) is 0. The molecule has 4 nitrogen and oxygen atoms in total. The monoisotopic (exact) mass is 192 g/mol. The minimum atomic E-state index is 0.653. The van der Waals surface area contributed by atoms with E-state index in [2.05, 4.69) is 35.8 Å². The molecular formula is C10H16N4. The summed E-state index contributed by atoms with van der Waals surface area (Å²) in [5, 5.41) is 4.06. The van der Waals surface area contributed by atoms with Crippen molar-refractivity contribution in [3.8, 4) is 0 Å². The summed E-state index contributed by atoms with van der Waals surface area (Å²) in [7, 11) is 0. The van der Waals surface area contributed by atoms with Gasteiger partial charge >= 0.3 is 0 Å². The van der Waals surface area contributed by atoms with E-state index in [9.17, 15) is 0 Å². The fraction of sp³-hybridized carbons (Fsp3) is 0.500. The zero-order valence-electron chi connectivity index (χ0n) is 9.10. The second-order valence-corrected chi connectivity index (χ2v) is 3.76. The topological polar surface area (TPSA) is 43.1 Å². The van der Waals surface area contributed by atoms with Crippen LogP contribution < -0.4 is 0 Å². The van der Waals surface area contributed by atoms with Crippen LogP contribution in [-0.2, 0) is 0 Å². The SMILES string of the molecule is CC(C)C.Cc1nc2ncccn2n1. The molecule has 0 aliphatic heterocycles. The minimum absolute atomic E-state index is 0.653. The van der Waals surface area contributed by atoms with Crippen LogP contribution >= 0.6 is 0 Å². The first kappa shape index (κ1) is 10.6. The van der Waals surface area contributed by atoms with Crippen LogP contribution in [0.15, 0.2) is 18.5 Å². The van der Waals surface area contributed by atoms with Gasteiger partial charge in [0.2, 0.25) is 0 Å². The largest absolute Gasteiger partial charge is 0.252 e. The Labute approximate surface area is 84.0 Å². The van der Waals surface area contributed by atoms with Gasteiger partial charge in [-0.25, -0.2) is 9.50 Å². The highest BCUT2D eigenvalue weighted by molar-refractivity contribution is 5.24. The van der Waals surface area contributed by atoms with Gasteiger partial charge in [-0.1, -0.05) is 20.8 Å². The number of rotatable bonds is 0. The van der Waals surface area contributed by atoms with Crippen molar-refractivity contribution < 1.29 is 0 Å². The predicted octanol–water partition coefficient (Wildman–Crippen LogP) is 2.10. The van der Waals surface area contributed by atoms with Crippen LogP contribution in [0.25, 0.3) is 5.78 Å². The van der Waals surface area contributed by atoms with Gasteiger partial charge in [-0.3, -0.25) is 0 Å². The van der Waals surface area contributed by atoms with E-state index in [1.165, 1.54) is 0 Å². The summed E-state index contributed by atoms with van der Waals surface area (Å²) in [6.45, 7) is 8.34. The van der Waals surface area contributed by atoms with Crippen molar-refractivity contribution in [1.82, 2.24) is 19.6 Å². The molecule has 2 aromatic rings. The molecule has 14 heavy (non-hydrogen) atoms. The van der Waals surface area contributed by atoms with Gasteiger partial charge in [0.15, 0.2) is 0 Å². The first-order valence-corrected chi connectivity index (χ1v) is 4.73. The van der Waals surface area contributed by atoms with Gasteiger partial charge in [0.1, 0.15) is 5.82 Å². The third kappa shape index (κ3) is 3.12. The van der Waals surface area contributed by atoms with Crippen molar-refractivity contribution in [3.05, 3.63) is 24.3 Å². The molecule has 2 aromatic heterocycles. The van der Waals surface area contributed by atoms with Gasteiger partial charge in [0.25, 0.3) is 5.78 Å². The zero-order valence-corrected chi connectivity index (χ0v) is 9.10. The predicted molar refractivity (Wildman–Crippen MR) is 56.0 cm³/mol. The lowest BCUT2D eigenvalue weighted by Crippen LogP contribution is -1.86. The van der Waals surface area contributed by atoms with Crippen LogP contribution in [0.1, 0.15) is 26.6 Å². The fourth-order valence-corrected chi connectivity index (χ4v) is 0.837. The fourth-order valence-electron chi connectivity index (χ4n) is 0.837. The van der Waals surface area contributed by atoms with E-state index in [0.29, 0.717) is 5.78 Å². The van der Waals surface area contributed by atoms with Crippen LogP contribution in [-0.4, -0.2) is 19.6 Å². The maximum atomic E-state index is 4.06. The van der Waals surface area contributed by atoms with E-state index in [0.717, 1.165) is 11.7 Å². The summed E-state index contributed by atoms with van der Waals surface area (Å²) >= 11 is 0. The Balaban J connectivity index is 0.000000213. The Bertz CT molecular complexity index is 356. The van der Waals surface area contributed by atoms with Crippen molar-refractivity contribution in [1.29, 1.82) is 0 Å². The van der Waals surface area contributed by atoms with Gasteiger partial charge in [-0.15, -0.1) is 0 Å². The van der Waals surface area contributed by atoms with E-state index >= 15 is 0 Å². The lowest BCUT2D eigenvalue weighted by atomic mass is 10.3. The standard InChI is InChI=1S/C6H6N4.C4H10/c1-5-8-6-7-3-2-4-10(6)9-5;1-4(2)3/h2-4H,1H3;4H,1-3H3. The molecule has 0 bridgehead atoms. The average molecular weight is 192 g/mol. The lowest BCUT2D eigenvalue weighted by molar-refractivity contribution is 0.737. The van der Waals surface area contributed by atoms with E-state index in [4.69, 9.17) is 0 Å². The zero-order chi connectivity index (χ0) is 10.6. The van der Waals surface area contributed by atoms with Crippen LogP contribution in [0.2, 0.25) is 0 Å². The molecular weight excluding hydrogens is 176 g/mol. The first-order chi connectivity index (χ1) is 6.59. The second-order valence-electron chi connectivity index (χ2n) is 3.76. The molecule has 0 saturated carbocycles. The summed E-state index contributed by atoms with van der Waals surface area (Å²) in [6.07, 6.45) is 3.52. The minimum Gasteiger partial charge on any atom is -0.220 e. The van der Waals surface area contributed by atoms with Gasteiger partial charge in [0.05, 0.1) is 0 Å². The van der Waals surface area contributed by atoms with Gasteiger partial charge in [-0.05, 0) is 18.9 Å². The Kier molecular flexibility index (Phi) is 3.56. The highest BCUT2D eigenvalue weighted by atomic mass is 15.3. The Morgan fingerprint density at radius 3 is 2.50 bits per heavy atom. The second kappa shape index (κ2) is 4.69. The molecule has 0 fully saturated rings. The van der Waals surface area contributed by atoms with Crippen LogP contribution in [0.4, 0.5) is 0 Å². The molecule has 0 N–H and O–H groups in total. The molecule has 0 atom stereocenters. The molecule has 0 spiro atoms. The molecule has 2 rings (SSSR count). The average Bonchev–Trinajstić information content (AvgIpc) is 2.42. The lowest BCUT2D eigenvalue weighted by Gasteiger charge is -1.83. The number of aromatic nitrogens is 4. The third-order valence-corrected chi connectivity index (χ3v) is 1.22. The van der Waals surface area contributed by atoms with Crippen LogP contribution in [0.5, 0.6) is 0 Å². The number of nitrogens with zero attached hydrogens (tertiary/aromatic N) is 4. The molecule has 0 amide bonds. The molecule has 0 saturated heterocycles. The Hall–Kier alpha value is -1.45. The van der Waals surface area contributed by atoms with Crippen molar-refractivity contribution >= 4 is 5.78 Å². The highest BCUT2D eigenvalue weighted by Crippen LogP contribution is 1.93. The van der Waals surface area contributed by atoms with Crippen molar-refractivity contribution in [2.24, 2.45) is 5.92 Å². The van der Waals surface area contributed by atoms with Crippen LogP contribution in [0.3, 0.4) is 0 Å². The number of aryl methyl sites for hydroxylation is 1. The van der Waals surface area contributed by atoms with Gasteiger partial charge < -0.3 is 0 Å². The number of hydrogen-bond acceptors (Lipinski definition) is 3. The smallest absolute Gasteiger partial charge is 0.220 e. The molecule has 4 heteroatoms. The van der Waals surface area contributed by atoms with Gasteiger partial charge in [-0.2, -0.15) is 10.1 Å². The Morgan fingerprint density at radius 1 is 1.29 bits per heavy atom.